The minimum absolute atomic E-state index is 0.200. The smallest absolute Gasteiger partial charge is 0.306 e. The molecule has 0 aliphatic rings. The molecule has 0 bridgehead atoms. The van der Waals surface area contributed by atoms with E-state index in [4.69, 9.17) is 4.74 Å². The molecule has 2 heterocycles. The number of para-hydroxylation sites is 1. The van der Waals surface area contributed by atoms with Crippen molar-refractivity contribution < 1.29 is 9.53 Å². The molecule has 2 aromatic heterocycles. The fourth-order valence-corrected chi connectivity index (χ4v) is 3.45. The monoisotopic (exact) mass is 398 g/mol. The van der Waals surface area contributed by atoms with Gasteiger partial charge in [-0.15, -0.1) is 0 Å². The number of fused-ring (bicyclic) bond motifs is 1. The summed E-state index contributed by atoms with van der Waals surface area (Å²) in [6.07, 6.45) is 1.98. The summed E-state index contributed by atoms with van der Waals surface area (Å²) in [7, 11) is 0. The number of aromatic nitrogens is 4. The summed E-state index contributed by atoms with van der Waals surface area (Å²) in [4.78, 5) is 40.4. The molecule has 0 unspecified atom stereocenters. The molecule has 0 spiro atoms. The fraction of sp³-hybridized carbons (Fsp3) is 0.350. The van der Waals surface area contributed by atoms with E-state index in [0.717, 1.165) is 22.1 Å². The highest BCUT2D eigenvalue weighted by molar-refractivity contribution is 7.98. The van der Waals surface area contributed by atoms with Gasteiger partial charge in [-0.1, -0.05) is 23.9 Å². The van der Waals surface area contributed by atoms with E-state index in [1.807, 2.05) is 26.2 Å². The lowest BCUT2D eigenvalue weighted by Gasteiger charge is -2.14. The average molecular weight is 398 g/mol. The van der Waals surface area contributed by atoms with E-state index < -0.39 is 6.10 Å². The lowest BCUT2D eigenvalue weighted by Crippen LogP contribution is -2.17. The highest BCUT2D eigenvalue weighted by Gasteiger charge is 2.17. The molecule has 0 amide bonds. The Balaban J connectivity index is 1.68. The molecule has 28 heavy (non-hydrogen) atoms. The maximum Gasteiger partial charge on any atom is 0.306 e. The number of esters is 1. The van der Waals surface area contributed by atoms with Crippen LogP contribution in [0.4, 0.5) is 0 Å². The number of nitrogens with one attached hydrogen (secondary N) is 1. The lowest BCUT2D eigenvalue weighted by atomic mass is 10.1. The van der Waals surface area contributed by atoms with Crippen molar-refractivity contribution in [1.82, 2.24) is 19.9 Å². The van der Waals surface area contributed by atoms with Gasteiger partial charge < -0.3 is 9.72 Å². The summed E-state index contributed by atoms with van der Waals surface area (Å²) in [5.74, 6) is -0.0341. The van der Waals surface area contributed by atoms with E-state index >= 15 is 0 Å². The van der Waals surface area contributed by atoms with Crippen molar-refractivity contribution in [1.29, 1.82) is 0 Å². The van der Waals surface area contributed by atoms with Gasteiger partial charge in [0, 0.05) is 17.8 Å². The third-order valence-corrected chi connectivity index (χ3v) is 5.03. The predicted octanol–water partition coefficient (Wildman–Crippen LogP) is 3.29. The average Bonchev–Trinajstić information content (AvgIpc) is 2.67. The van der Waals surface area contributed by atoms with E-state index in [9.17, 15) is 9.59 Å². The second-order valence-corrected chi connectivity index (χ2v) is 7.23. The van der Waals surface area contributed by atoms with Gasteiger partial charge in [0.25, 0.3) is 5.56 Å². The number of rotatable bonds is 6. The quantitative estimate of drug-likeness (QED) is 0.386. The van der Waals surface area contributed by atoms with E-state index in [0.29, 0.717) is 23.1 Å². The van der Waals surface area contributed by atoms with Crippen LogP contribution in [0.3, 0.4) is 0 Å². The lowest BCUT2D eigenvalue weighted by molar-refractivity contribution is -0.148. The van der Waals surface area contributed by atoms with Crippen molar-refractivity contribution in [2.45, 2.75) is 44.9 Å². The molecular formula is C20H22N4O3S. The van der Waals surface area contributed by atoms with E-state index in [-0.39, 0.29) is 17.9 Å². The maximum atomic E-state index is 12.3. The number of carbonyl (C=O) groups excluding carboxylic acids is 1. The Labute approximate surface area is 167 Å². The summed E-state index contributed by atoms with van der Waals surface area (Å²) in [5, 5.41) is 1.23. The second-order valence-electron chi connectivity index (χ2n) is 6.46. The number of hydrogen-bond donors (Lipinski definition) is 1. The standard InChI is InChI=1S/C20H22N4O3S/c1-11-14(12(2)22-20(21-11)28-4)9-10-17(25)27-13(3)18-23-16-8-6-5-7-15(16)19(26)24-18/h5-8,13H,9-10H2,1-4H3,(H,23,24,26)/t13-/m0/s1. The summed E-state index contributed by atoms with van der Waals surface area (Å²) in [5.41, 5.74) is 3.03. The zero-order valence-corrected chi connectivity index (χ0v) is 17.1. The van der Waals surface area contributed by atoms with Crippen LogP contribution in [0.1, 0.15) is 42.2 Å². The van der Waals surface area contributed by atoms with Gasteiger partial charge in [-0.05, 0) is 51.1 Å². The largest absolute Gasteiger partial charge is 0.454 e. The first-order chi connectivity index (χ1) is 13.4. The van der Waals surface area contributed by atoms with E-state index in [1.54, 1.807) is 25.1 Å². The van der Waals surface area contributed by atoms with Gasteiger partial charge in [0.2, 0.25) is 0 Å². The molecule has 8 heteroatoms. The molecule has 146 valence electrons. The zero-order chi connectivity index (χ0) is 20.3. The van der Waals surface area contributed by atoms with Gasteiger partial charge in [0.15, 0.2) is 17.1 Å². The van der Waals surface area contributed by atoms with Crippen molar-refractivity contribution in [3.05, 3.63) is 57.4 Å². The Morgan fingerprint density at radius 3 is 2.54 bits per heavy atom. The minimum Gasteiger partial charge on any atom is -0.454 e. The number of H-pyrrole nitrogens is 1. The van der Waals surface area contributed by atoms with Gasteiger partial charge in [0.05, 0.1) is 10.9 Å². The molecular weight excluding hydrogens is 376 g/mol. The second kappa shape index (κ2) is 8.52. The Hall–Kier alpha value is -2.74. The SMILES string of the molecule is CSc1nc(C)c(CCC(=O)O[C@@H](C)c2nc3ccccc3c(=O)[nH]2)c(C)n1. The van der Waals surface area contributed by atoms with Crippen molar-refractivity contribution in [3.63, 3.8) is 0 Å². The number of benzene rings is 1. The molecule has 0 saturated heterocycles. The van der Waals surface area contributed by atoms with Gasteiger partial charge in [-0.25, -0.2) is 15.0 Å². The third-order valence-electron chi connectivity index (χ3n) is 4.49. The summed E-state index contributed by atoms with van der Waals surface area (Å²) in [6.45, 7) is 5.53. The highest BCUT2D eigenvalue weighted by Crippen LogP contribution is 2.19. The summed E-state index contributed by atoms with van der Waals surface area (Å²) in [6, 6.07) is 7.05. The normalized spacial score (nSPS) is 12.1. The number of aromatic amines is 1. The van der Waals surface area contributed by atoms with Crippen LogP contribution >= 0.6 is 11.8 Å². The number of aryl methyl sites for hydroxylation is 2. The van der Waals surface area contributed by atoms with Crippen LogP contribution in [0.25, 0.3) is 10.9 Å². The molecule has 0 fully saturated rings. The first kappa shape index (κ1) is 20.0. The Kier molecular flexibility index (Phi) is 6.08. The van der Waals surface area contributed by atoms with Gasteiger partial charge in [-0.3, -0.25) is 9.59 Å². The molecule has 3 aromatic rings. The zero-order valence-electron chi connectivity index (χ0n) is 16.3. The van der Waals surface area contributed by atoms with Crippen LogP contribution in [0.5, 0.6) is 0 Å². The van der Waals surface area contributed by atoms with Gasteiger partial charge >= 0.3 is 5.97 Å². The number of thioether (sulfide) groups is 1. The first-order valence-corrected chi connectivity index (χ1v) is 10.2. The summed E-state index contributed by atoms with van der Waals surface area (Å²) >= 11 is 1.49. The molecule has 0 aliphatic heterocycles. The van der Waals surface area contributed by atoms with Crippen LogP contribution in [-0.4, -0.2) is 32.2 Å². The molecule has 1 atom stereocenters. The minimum atomic E-state index is -0.651. The van der Waals surface area contributed by atoms with Crippen molar-refractivity contribution in [3.8, 4) is 0 Å². The molecule has 1 aromatic carbocycles. The van der Waals surface area contributed by atoms with Crippen LogP contribution < -0.4 is 5.56 Å². The Bertz CT molecular complexity index is 1060. The van der Waals surface area contributed by atoms with Crippen LogP contribution in [0, 0.1) is 13.8 Å². The predicted molar refractivity (Wildman–Crippen MR) is 108 cm³/mol. The number of nitrogens with zero attached hydrogens (tertiary/aromatic N) is 3. The van der Waals surface area contributed by atoms with Crippen LogP contribution in [0.15, 0.2) is 34.2 Å². The maximum absolute atomic E-state index is 12.3. The first-order valence-electron chi connectivity index (χ1n) is 8.95. The third kappa shape index (κ3) is 4.39. The van der Waals surface area contributed by atoms with Crippen molar-refractivity contribution in [2.24, 2.45) is 0 Å². The molecule has 0 saturated carbocycles. The van der Waals surface area contributed by atoms with E-state index in [1.165, 1.54) is 11.8 Å². The number of ether oxygens (including phenoxy) is 1. The molecule has 1 N–H and O–H groups in total. The van der Waals surface area contributed by atoms with E-state index in [2.05, 4.69) is 19.9 Å². The summed E-state index contributed by atoms with van der Waals surface area (Å²) < 4.78 is 5.47. The van der Waals surface area contributed by atoms with Crippen molar-refractivity contribution >= 4 is 28.6 Å². The number of carbonyl (C=O) groups is 1. The molecule has 0 radical (unpaired) electrons. The Morgan fingerprint density at radius 1 is 1.18 bits per heavy atom. The number of hydrogen-bond acceptors (Lipinski definition) is 7. The molecule has 7 nitrogen and oxygen atoms in total. The van der Waals surface area contributed by atoms with Crippen LogP contribution in [-0.2, 0) is 16.0 Å². The highest BCUT2D eigenvalue weighted by atomic mass is 32.2. The topological polar surface area (TPSA) is 97.8 Å². The van der Waals surface area contributed by atoms with Crippen molar-refractivity contribution in [2.75, 3.05) is 6.26 Å². The Morgan fingerprint density at radius 2 is 1.86 bits per heavy atom. The molecule has 3 rings (SSSR count). The molecule has 0 aliphatic carbocycles. The van der Waals surface area contributed by atoms with Gasteiger partial charge in [-0.2, -0.15) is 0 Å². The fourth-order valence-electron chi connectivity index (χ4n) is 3.00. The van der Waals surface area contributed by atoms with Gasteiger partial charge in [0.1, 0.15) is 0 Å². The van der Waals surface area contributed by atoms with Crippen LogP contribution in [0.2, 0.25) is 0 Å².